The molecule has 1 spiro atoms. The second-order valence-corrected chi connectivity index (χ2v) is 19.3. The third-order valence-corrected chi connectivity index (χ3v) is 18.6. The van der Waals surface area contributed by atoms with Crippen LogP contribution in [0.1, 0.15) is 25.0 Å². The molecule has 2 aromatic carbocycles. The Kier molecular flexibility index (Phi) is 5.35. The third kappa shape index (κ3) is 2.53. The Bertz CT molecular complexity index is 1810. The summed E-state index contributed by atoms with van der Waals surface area (Å²) in [6.45, 7) is 3.20. The van der Waals surface area contributed by atoms with Crippen LogP contribution in [-0.2, 0) is 30.0 Å². The van der Waals surface area contributed by atoms with Crippen molar-refractivity contribution in [1.82, 2.24) is 19.6 Å². The normalized spacial score (nSPS) is 42.7. The number of nitrogens with zero attached hydrogens (tertiary/aromatic N) is 4. The number of hydrogen-bond donors (Lipinski definition) is 5. The van der Waals surface area contributed by atoms with E-state index >= 15 is 0 Å². The Labute approximate surface area is 274 Å². The van der Waals surface area contributed by atoms with Crippen LogP contribution in [0, 0.1) is 5.92 Å². The number of carbonyl (C=O) groups is 4. The summed E-state index contributed by atoms with van der Waals surface area (Å²) >= 11 is -2.33. The monoisotopic (exact) mass is 734 g/mol. The second-order valence-electron chi connectivity index (χ2n) is 14.0. The number of rotatable bonds is 3. The molecule has 9 rings (SSSR count). The molecule has 2 bridgehead atoms. The van der Waals surface area contributed by atoms with Crippen LogP contribution in [0.4, 0.5) is 11.4 Å². The number of benzene rings is 2. The van der Waals surface area contributed by atoms with Gasteiger partial charge < -0.3 is 0 Å². The fourth-order valence-corrected chi connectivity index (χ4v) is 16.8. The molecule has 0 aromatic heterocycles. The van der Waals surface area contributed by atoms with E-state index in [9.17, 15) is 34.5 Å². The molecule has 5 fully saturated rings. The number of nitrogens with one attached hydrogen (secondary N) is 2. The SMILES string of the molecule is CC(C)C1C(=O)N2C(C(=O)N1C)[C@@H](O)[C@]1([C@@]34c5ccccc5N[C@@H]3N3C(=O)[C@]5(CO)[Sn][C@]3(C(=O)N5C)[C@H]4O)c3ccccc3N[C@H]21. The van der Waals surface area contributed by atoms with Gasteiger partial charge in [-0.05, 0) is 0 Å². The fraction of sp³-hybridized carbons (Fsp3) is 0.500. The van der Waals surface area contributed by atoms with Gasteiger partial charge in [-0.25, -0.2) is 0 Å². The zero-order valence-electron chi connectivity index (χ0n) is 25.6. The first-order valence-corrected chi connectivity index (χ1v) is 18.4. The molecule has 5 saturated heterocycles. The van der Waals surface area contributed by atoms with Crippen LogP contribution in [0.25, 0.3) is 0 Å². The van der Waals surface area contributed by atoms with Gasteiger partial charge in [-0.15, -0.1) is 0 Å². The molecule has 0 aliphatic carbocycles. The molecule has 0 saturated carbocycles. The van der Waals surface area contributed by atoms with E-state index < -0.39 is 100 Å². The summed E-state index contributed by atoms with van der Waals surface area (Å²) in [5.74, 6) is -1.82. The van der Waals surface area contributed by atoms with Crippen molar-refractivity contribution >= 4 is 56.1 Å². The van der Waals surface area contributed by atoms with Crippen LogP contribution in [-0.4, -0.2) is 144 Å². The molecular weight excluding hydrogens is 699 g/mol. The van der Waals surface area contributed by atoms with Crippen molar-refractivity contribution in [1.29, 1.82) is 0 Å². The number of piperazine rings is 2. The summed E-state index contributed by atoms with van der Waals surface area (Å²) < 4.78 is -2.98. The second kappa shape index (κ2) is 8.54. The number of aliphatic hydroxyl groups is 3. The van der Waals surface area contributed by atoms with Gasteiger partial charge in [0.15, 0.2) is 0 Å². The Balaban J connectivity index is 1.38. The molecule has 46 heavy (non-hydrogen) atoms. The number of carbonyl (C=O) groups excluding carboxylic acids is 4. The molecule has 2 aromatic rings. The van der Waals surface area contributed by atoms with Crippen molar-refractivity contribution < 1.29 is 34.5 Å². The molecule has 7 aliphatic rings. The standard InChI is InChI=1S/C32H34N6O7.Sn/c1-14(2)20-28(45)38-22(27(44)36(20)4)24(41)32(16-10-6-8-12-18(16)34-30(32)38)31-15-9-5-7-11-17(15)33-29(31)37-21(23(31)40)26(43)35(3)19(13-39)25(37)42;/h5-12,14,20,22-24,29-30,33-34,39-41H,13H2,1-4H3;/t20?,22?,23-,24-,29-,30-,31-,32-;/m1./s1. The summed E-state index contributed by atoms with van der Waals surface area (Å²) in [6, 6.07) is 12.6. The quantitative estimate of drug-likeness (QED) is 0.229. The maximum absolute atomic E-state index is 14.5. The number of para-hydroxylation sites is 2. The number of amides is 4. The Morgan fingerprint density at radius 3 is 2.04 bits per heavy atom. The number of aliphatic hydroxyl groups excluding tert-OH is 3. The van der Waals surface area contributed by atoms with E-state index in [0.29, 0.717) is 22.5 Å². The molecule has 7 heterocycles. The molecule has 2 unspecified atom stereocenters. The van der Waals surface area contributed by atoms with Crippen molar-refractivity contribution in [3.8, 4) is 0 Å². The van der Waals surface area contributed by atoms with Gasteiger partial charge in [-0.1, -0.05) is 0 Å². The van der Waals surface area contributed by atoms with E-state index in [0.717, 1.165) is 0 Å². The summed E-state index contributed by atoms with van der Waals surface area (Å²) in [5.41, 5.74) is -0.766. The molecule has 10 atom stereocenters. The molecule has 14 heteroatoms. The van der Waals surface area contributed by atoms with Crippen LogP contribution in [0.15, 0.2) is 48.5 Å². The van der Waals surface area contributed by atoms with Crippen molar-refractivity contribution in [2.75, 3.05) is 31.3 Å². The van der Waals surface area contributed by atoms with Crippen molar-refractivity contribution in [3.63, 3.8) is 0 Å². The van der Waals surface area contributed by atoms with Gasteiger partial charge in [-0.3, -0.25) is 0 Å². The van der Waals surface area contributed by atoms with E-state index in [1.54, 1.807) is 7.05 Å². The molecule has 238 valence electrons. The molecule has 5 N–H and O–H groups in total. The Morgan fingerprint density at radius 2 is 1.43 bits per heavy atom. The predicted octanol–water partition coefficient (Wildman–Crippen LogP) is -1.79. The average Bonchev–Trinajstić information content (AvgIpc) is 3.79. The van der Waals surface area contributed by atoms with Crippen molar-refractivity contribution in [2.45, 2.75) is 68.4 Å². The first-order chi connectivity index (χ1) is 21.9. The van der Waals surface area contributed by atoms with Gasteiger partial charge in [0.1, 0.15) is 0 Å². The number of anilines is 2. The summed E-state index contributed by atoms with van der Waals surface area (Å²) in [6.07, 6.45) is -5.12. The molecule has 4 amide bonds. The van der Waals surface area contributed by atoms with Crippen LogP contribution in [0.5, 0.6) is 0 Å². The summed E-state index contributed by atoms with van der Waals surface area (Å²) in [7, 11) is 3.09. The Hall–Kier alpha value is -3.40. The Morgan fingerprint density at radius 1 is 0.848 bits per heavy atom. The van der Waals surface area contributed by atoms with Crippen LogP contribution in [0.2, 0.25) is 0 Å². The van der Waals surface area contributed by atoms with Gasteiger partial charge in [0.25, 0.3) is 0 Å². The maximum atomic E-state index is 14.5. The van der Waals surface area contributed by atoms with Crippen LogP contribution >= 0.6 is 0 Å². The van der Waals surface area contributed by atoms with Gasteiger partial charge >= 0.3 is 276 Å². The first-order valence-electron chi connectivity index (χ1n) is 15.6. The van der Waals surface area contributed by atoms with Gasteiger partial charge in [0.05, 0.1) is 0 Å². The zero-order valence-corrected chi connectivity index (χ0v) is 28.5. The molecule has 13 nitrogen and oxygen atoms in total. The van der Waals surface area contributed by atoms with Gasteiger partial charge in [0.2, 0.25) is 0 Å². The molecular formula is C32H34N6O7Sn. The molecule has 7 aliphatic heterocycles. The zero-order chi connectivity index (χ0) is 32.5. The van der Waals surface area contributed by atoms with E-state index in [1.165, 1.54) is 26.6 Å². The fourth-order valence-electron chi connectivity index (χ4n) is 10.6. The minimum absolute atomic E-state index is 0.220. The average molecular weight is 733 g/mol. The topological polar surface area (TPSA) is 166 Å². The van der Waals surface area contributed by atoms with Crippen molar-refractivity contribution in [3.05, 3.63) is 59.7 Å². The van der Waals surface area contributed by atoms with Crippen LogP contribution in [0.3, 0.4) is 0 Å². The van der Waals surface area contributed by atoms with Crippen molar-refractivity contribution in [2.24, 2.45) is 5.92 Å². The van der Waals surface area contributed by atoms with Gasteiger partial charge in [-0.2, -0.15) is 0 Å². The molecule has 2 radical (unpaired) electrons. The number of likely N-dealkylation sites (N-methyl/N-ethyl adjacent to an activating group) is 2. The number of hydrogen-bond acceptors (Lipinski definition) is 9. The number of fused-ring (bicyclic) bond motifs is 11. The first kappa shape index (κ1) is 28.8. The predicted molar refractivity (Wildman–Crippen MR) is 163 cm³/mol. The summed E-state index contributed by atoms with van der Waals surface area (Å²) in [4.78, 5) is 63.4. The minimum atomic E-state index is -2.33. The van der Waals surface area contributed by atoms with E-state index in [2.05, 4.69) is 10.6 Å². The van der Waals surface area contributed by atoms with Crippen LogP contribution < -0.4 is 10.6 Å². The van der Waals surface area contributed by atoms with E-state index in [-0.39, 0.29) is 11.8 Å². The van der Waals surface area contributed by atoms with E-state index in [4.69, 9.17) is 0 Å². The third-order valence-electron chi connectivity index (χ3n) is 12.2. The van der Waals surface area contributed by atoms with Gasteiger partial charge in [0, 0.05) is 0 Å². The summed E-state index contributed by atoms with van der Waals surface area (Å²) in [5, 5.41) is 43.7. The van der Waals surface area contributed by atoms with E-state index in [1.807, 2.05) is 62.4 Å².